The van der Waals surface area contributed by atoms with Gasteiger partial charge in [-0.05, 0) is 32.1 Å². The average Bonchev–Trinajstić information content (AvgIpc) is 2.77. The van der Waals surface area contributed by atoms with Gasteiger partial charge in [-0.3, -0.25) is 9.69 Å². The van der Waals surface area contributed by atoms with E-state index in [0.717, 1.165) is 39.0 Å². The van der Waals surface area contributed by atoms with Gasteiger partial charge in [0.25, 0.3) is 0 Å². The van der Waals surface area contributed by atoms with Crippen molar-refractivity contribution in [1.82, 2.24) is 9.80 Å². The number of amides is 1. The Hall–Kier alpha value is -1.08. The van der Waals surface area contributed by atoms with E-state index in [2.05, 4.69) is 24.8 Å². The molecule has 1 aliphatic carbocycles. The lowest BCUT2D eigenvalue weighted by atomic mass is 9.81. The van der Waals surface area contributed by atoms with E-state index in [1.165, 1.54) is 6.42 Å². The molecule has 0 radical (unpaired) electrons. The molecule has 112 valence electrons. The monoisotopic (exact) mass is 277 g/mol. The summed E-state index contributed by atoms with van der Waals surface area (Å²) in [4.78, 5) is 16.9. The van der Waals surface area contributed by atoms with Gasteiger partial charge in [0.2, 0.25) is 5.91 Å². The van der Waals surface area contributed by atoms with E-state index in [4.69, 9.17) is 0 Å². The van der Waals surface area contributed by atoms with Gasteiger partial charge < -0.3 is 4.90 Å². The number of nitriles is 1. The topological polar surface area (TPSA) is 47.3 Å². The Kier molecular flexibility index (Phi) is 4.11. The fourth-order valence-corrected chi connectivity index (χ4v) is 3.56. The van der Waals surface area contributed by atoms with Crippen molar-refractivity contribution in [2.45, 2.75) is 52.5 Å². The van der Waals surface area contributed by atoms with Gasteiger partial charge >= 0.3 is 0 Å². The van der Waals surface area contributed by atoms with Gasteiger partial charge in [-0.1, -0.05) is 20.3 Å². The third-order valence-electron chi connectivity index (χ3n) is 5.21. The molecule has 1 atom stereocenters. The Morgan fingerprint density at radius 1 is 1.25 bits per heavy atom. The first kappa shape index (κ1) is 15.3. The lowest BCUT2D eigenvalue weighted by molar-refractivity contribution is -0.140. The Bertz CT molecular complexity index is 414. The molecule has 2 aliphatic rings. The molecule has 0 aromatic rings. The lowest BCUT2D eigenvalue weighted by Crippen LogP contribution is -2.56. The van der Waals surface area contributed by atoms with E-state index in [9.17, 15) is 10.1 Å². The fourth-order valence-electron chi connectivity index (χ4n) is 3.56. The molecule has 0 N–H and O–H groups in total. The van der Waals surface area contributed by atoms with Crippen molar-refractivity contribution in [3.8, 4) is 6.07 Å². The fraction of sp³-hybridized carbons (Fsp3) is 0.875. The van der Waals surface area contributed by atoms with Gasteiger partial charge in [-0.15, -0.1) is 0 Å². The van der Waals surface area contributed by atoms with Crippen LogP contribution in [0.2, 0.25) is 0 Å². The Balaban J connectivity index is 1.95. The molecule has 1 aliphatic heterocycles. The zero-order chi connectivity index (χ0) is 15.0. The Morgan fingerprint density at radius 2 is 1.85 bits per heavy atom. The molecule has 4 nitrogen and oxygen atoms in total. The number of carbonyl (C=O) groups is 1. The minimum Gasteiger partial charge on any atom is -0.340 e. The van der Waals surface area contributed by atoms with E-state index in [1.54, 1.807) is 0 Å². The van der Waals surface area contributed by atoms with Crippen LogP contribution in [0, 0.1) is 22.7 Å². The first-order valence-electron chi connectivity index (χ1n) is 7.73. The SMILES string of the molecule is CC1(C)CCCC1C(=O)N1CCN(C(C)(C)C#N)CC1. The molecule has 0 aromatic carbocycles. The molecule has 1 unspecified atom stereocenters. The third kappa shape index (κ3) is 2.83. The summed E-state index contributed by atoms with van der Waals surface area (Å²) in [6.45, 7) is 11.5. The van der Waals surface area contributed by atoms with Gasteiger partial charge in [0.05, 0.1) is 6.07 Å². The van der Waals surface area contributed by atoms with Crippen molar-refractivity contribution in [3.05, 3.63) is 0 Å². The van der Waals surface area contributed by atoms with Crippen molar-refractivity contribution < 1.29 is 4.79 Å². The van der Waals surface area contributed by atoms with Gasteiger partial charge in [-0.2, -0.15) is 5.26 Å². The normalized spacial score (nSPS) is 27.4. The molecule has 1 saturated carbocycles. The van der Waals surface area contributed by atoms with Crippen molar-refractivity contribution in [1.29, 1.82) is 5.26 Å². The highest BCUT2D eigenvalue weighted by atomic mass is 16.2. The molecule has 2 fully saturated rings. The summed E-state index contributed by atoms with van der Waals surface area (Å²) >= 11 is 0. The summed E-state index contributed by atoms with van der Waals surface area (Å²) in [5.74, 6) is 0.528. The highest BCUT2D eigenvalue weighted by Crippen LogP contribution is 2.43. The third-order valence-corrected chi connectivity index (χ3v) is 5.21. The summed E-state index contributed by atoms with van der Waals surface area (Å²) in [6.07, 6.45) is 3.37. The van der Waals surface area contributed by atoms with Gasteiger partial charge in [-0.25, -0.2) is 0 Å². The molecule has 2 rings (SSSR count). The number of rotatable bonds is 2. The van der Waals surface area contributed by atoms with Crippen molar-refractivity contribution >= 4 is 5.91 Å². The molecule has 0 spiro atoms. The summed E-state index contributed by atoms with van der Waals surface area (Å²) < 4.78 is 0. The molecule has 0 bridgehead atoms. The maximum atomic E-state index is 12.7. The van der Waals surface area contributed by atoms with E-state index in [-0.39, 0.29) is 11.3 Å². The minimum absolute atomic E-state index is 0.153. The highest BCUT2D eigenvalue weighted by molar-refractivity contribution is 5.80. The maximum absolute atomic E-state index is 12.7. The first-order chi connectivity index (χ1) is 9.28. The molecule has 4 heteroatoms. The summed E-state index contributed by atoms with van der Waals surface area (Å²) in [5.41, 5.74) is -0.276. The zero-order valence-corrected chi connectivity index (χ0v) is 13.3. The molecule has 1 saturated heterocycles. The van der Waals surface area contributed by atoms with Crippen LogP contribution in [0.15, 0.2) is 0 Å². The van der Waals surface area contributed by atoms with E-state index in [1.807, 2.05) is 18.7 Å². The second-order valence-electron chi connectivity index (χ2n) is 7.42. The smallest absolute Gasteiger partial charge is 0.226 e. The quantitative estimate of drug-likeness (QED) is 0.778. The second kappa shape index (κ2) is 5.37. The average molecular weight is 277 g/mol. The van der Waals surface area contributed by atoms with Crippen LogP contribution in [0.3, 0.4) is 0 Å². The van der Waals surface area contributed by atoms with Crippen LogP contribution in [0.1, 0.15) is 47.0 Å². The Labute approximate surface area is 122 Å². The number of carbonyl (C=O) groups excluding carboxylic acids is 1. The van der Waals surface area contributed by atoms with E-state index >= 15 is 0 Å². The predicted molar refractivity (Wildman–Crippen MR) is 79.0 cm³/mol. The molecular formula is C16H27N3O. The van der Waals surface area contributed by atoms with Crippen molar-refractivity contribution in [2.24, 2.45) is 11.3 Å². The molecule has 0 aromatic heterocycles. The largest absolute Gasteiger partial charge is 0.340 e. The van der Waals surface area contributed by atoms with Crippen LogP contribution < -0.4 is 0 Å². The first-order valence-corrected chi connectivity index (χ1v) is 7.73. The van der Waals surface area contributed by atoms with Gasteiger partial charge in [0.15, 0.2) is 0 Å². The van der Waals surface area contributed by atoms with Crippen molar-refractivity contribution in [2.75, 3.05) is 26.2 Å². The number of piperazine rings is 1. The lowest BCUT2D eigenvalue weighted by Gasteiger charge is -2.42. The van der Waals surface area contributed by atoms with Gasteiger partial charge in [0, 0.05) is 32.1 Å². The van der Waals surface area contributed by atoms with Gasteiger partial charge in [0.1, 0.15) is 5.54 Å². The summed E-state index contributed by atoms with van der Waals surface area (Å²) in [5, 5.41) is 9.19. The number of hydrogen-bond acceptors (Lipinski definition) is 3. The maximum Gasteiger partial charge on any atom is 0.226 e. The molecule has 1 heterocycles. The summed E-state index contributed by atoms with van der Waals surface area (Å²) in [7, 11) is 0. The Morgan fingerprint density at radius 3 is 2.30 bits per heavy atom. The second-order valence-corrected chi connectivity index (χ2v) is 7.42. The van der Waals surface area contributed by atoms with Crippen LogP contribution in [0.5, 0.6) is 0 Å². The van der Waals surface area contributed by atoms with Crippen molar-refractivity contribution in [3.63, 3.8) is 0 Å². The van der Waals surface area contributed by atoms with Crippen LogP contribution in [0.25, 0.3) is 0 Å². The summed E-state index contributed by atoms with van der Waals surface area (Å²) in [6, 6.07) is 2.35. The van der Waals surface area contributed by atoms with Crippen LogP contribution in [-0.4, -0.2) is 47.4 Å². The van der Waals surface area contributed by atoms with Crippen LogP contribution >= 0.6 is 0 Å². The highest BCUT2D eigenvalue weighted by Gasteiger charge is 2.42. The zero-order valence-electron chi connectivity index (χ0n) is 13.3. The molecule has 1 amide bonds. The standard InChI is InChI=1S/C16H27N3O/c1-15(2)7-5-6-13(15)14(20)18-8-10-19(11-9-18)16(3,4)12-17/h13H,5-11H2,1-4H3. The van der Waals surface area contributed by atoms with Crippen LogP contribution in [-0.2, 0) is 4.79 Å². The molecular weight excluding hydrogens is 250 g/mol. The number of hydrogen-bond donors (Lipinski definition) is 0. The minimum atomic E-state index is -0.429. The molecule has 20 heavy (non-hydrogen) atoms. The number of nitrogens with zero attached hydrogens (tertiary/aromatic N) is 3. The van der Waals surface area contributed by atoms with Crippen LogP contribution in [0.4, 0.5) is 0 Å². The van der Waals surface area contributed by atoms with E-state index in [0.29, 0.717) is 5.91 Å². The van der Waals surface area contributed by atoms with E-state index < -0.39 is 5.54 Å². The predicted octanol–water partition coefficient (Wildman–Crippen LogP) is 2.26.